The van der Waals surface area contributed by atoms with Crippen LogP contribution < -0.4 is 0 Å². The number of aromatic nitrogens is 1. The van der Waals surface area contributed by atoms with Gasteiger partial charge in [0.2, 0.25) is 0 Å². The number of rotatable bonds is 2. The van der Waals surface area contributed by atoms with Gasteiger partial charge in [-0.1, -0.05) is 17.6 Å². The van der Waals surface area contributed by atoms with Crippen molar-refractivity contribution in [3.8, 4) is 17.9 Å². The normalized spacial score (nSPS) is 13.6. The maximum absolute atomic E-state index is 11.7. The van der Waals surface area contributed by atoms with E-state index in [4.69, 9.17) is 10.00 Å². The van der Waals surface area contributed by atoms with Gasteiger partial charge < -0.3 is 9.64 Å². The summed E-state index contributed by atoms with van der Waals surface area (Å²) in [5.41, 5.74) is 2.94. The summed E-state index contributed by atoms with van der Waals surface area (Å²) in [7, 11) is 0. The highest BCUT2D eigenvalue weighted by Gasteiger charge is 2.19. The van der Waals surface area contributed by atoms with Crippen molar-refractivity contribution >= 4 is 6.09 Å². The van der Waals surface area contributed by atoms with E-state index in [9.17, 15) is 4.79 Å². The summed E-state index contributed by atoms with van der Waals surface area (Å²) >= 11 is 0. The first-order chi connectivity index (χ1) is 11.2. The Morgan fingerprint density at radius 3 is 2.91 bits per heavy atom. The number of likely N-dealkylation sites (tertiary alicyclic amines) is 1. The molecule has 1 saturated heterocycles. The van der Waals surface area contributed by atoms with Crippen molar-refractivity contribution in [1.29, 1.82) is 5.26 Å². The molecule has 23 heavy (non-hydrogen) atoms. The van der Waals surface area contributed by atoms with Gasteiger partial charge in [0.05, 0.1) is 12.5 Å². The molecule has 0 radical (unpaired) electrons. The molecule has 0 bridgehead atoms. The number of allylic oxidation sites excluding steroid dienone is 1. The van der Waals surface area contributed by atoms with Crippen molar-refractivity contribution in [3.63, 3.8) is 0 Å². The Hall–Kier alpha value is -2.79. The Kier molecular flexibility index (Phi) is 6.20. The average molecular weight is 309 g/mol. The molecular formula is C18H19N3O2. The van der Waals surface area contributed by atoms with Gasteiger partial charge in [-0.3, -0.25) is 0 Å². The summed E-state index contributed by atoms with van der Waals surface area (Å²) in [6.45, 7) is 3.35. The molecule has 1 amide bonds. The summed E-state index contributed by atoms with van der Waals surface area (Å²) in [6.07, 6.45) is 3.40. The number of pyridine rings is 1. The van der Waals surface area contributed by atoms with E-state index in [2.05, 4.69) is 16.8 Å². The fraction of sp³-hybridized carbons (Fsp3) is 0.389. The molecule has 118 valence electrons. The molecule has 0 N–H and O–H groups in total. The lowest BCUT2D eigenvalue weighted by molar-refractivity contribution is 0.101. The van der Waals surface area contributed by atoms with E-state index in [0.717, 1.165) is 24.2 Å². The third-order valence-corrected chi connectivity index (χ3v) is 3.47. The van der Waals surface area contributed by atoms with Gasteiger partial charge in [0.15, 0.2) is 0 Å². The molecule has 0 atom stereocenters. The van der Waals surface area contributed by atoms with Crippen LogP contribution in [0, 0.1) is 30.1 Å². The zero-order valence-corrected chi connectivity index (χ0v) is 13.2. The molecule has 5 nitrogen and oxygen atoms in total. The van der Waals surface area contributed by atoms with Crippen LogP contribution in [0.25, 0.3) is 0 Å². The highest BCUT2D eigenvalue weighted by molar-refractivity contribution is 5.67. The van der Waals surface area contributed by atoms with E-state index in [1.54, 1.807) is 4.90 Å². The number of piperidine rings is 1. The molecule has 1 aliphatic rings. The molecule has 0 unspecified atom stereocenters. The predicted octanol–water partition coefficient (Wildman–Crippen LogP) is 2.81. The summed E-state index contributed by atoms with van der Waals surface area (Å²) in [5.74, 6) is 6.07. The zero-order valence-electron chi connectivity index (χ0n) is 13.2. The van der Waals surface area contributed by atoms with Crippen LogP contribution in [-0.4, -0.2) is 35.7 Å². The van der Waals surface area contributed by atoms with Crippen LogP contribution in [0.1, 0.15) is 30.7 Å². The number of ether oxygens (including phenoxy) is 1. The maximum atomic E-state index is 11.7. The van der Waals surface area contributed by atoms with Crippen LogP contribution in [0.2, 0.25) is 0 Å². The minimum Gasteiger partial charge on any atom is -0.448 e. The average Bonchev–Trinajstić information content (AvgIpc) is 2.56. The summed E-state index contributed by atoms with van der Waals surface area (Å²) in [4.78, 5) is 17.8. The van der Waals surface area contributed by atoms with Gasteiger partial charge in [0.1, 0.15) is 12.3 Å². The third-order valence-electron chi connectivity index (χ3n) is 3.47. The minimum absolute atomic E-state index is 0.156. The van der Waals surface area contributed by atoms with Crippen LogP contribution in [0.5, 0.6) is 0 Å². The number of amides is 1. The van der Waals surface area contributed by atoms with Crippen molar-refractivity contribution < 1.29 is 9.53 Å². The molecule has 1 aliphatic heterocycles. The molecule has 0 saturated carbocycles. The number of aryl methyl sites for hydroxylation is 1. The second kappa shape index (κ2) is 8.60. The fourth-order valence-electron chi connectivity index (χ4n) is 2.22. The van der Waals surface area contributed by atoms with Crippen LogP contribution >= 0.6 is 0 Å². The first kappa shape index (κ1) is 16.6. The van der Waals surface area contributed by atoms with E-state index in [1.807, 2.05) is 37.3 Å². The molecular weight excluding hydrogens is 290 g/mol. The van der Waals surface area contributed by atoms with Gasteiger partial charge in [-0.25, -0.2) is 9.78 Å². The number of carbonyl (C=O) groups is 1. The molecule has 0 aliphatic carbocycles. The van der Waals surface area contributed by atoms with Gasteiger partial charge >= 0.3 is 6.09 Å². The molecule has 2 heterocycles. The Morgan fingerprint density at radius 1 is 1.43 bits per heavy atom. The number of carbonyl (C=O) groups excluding carboxylic acids is 1. The minimum atomic E-state index is -0.339. The molecule has 0 spiro atoms. The van der Waals surface area contributed by atoms with Gasteiger partial charge in [-0.05, 0) is 43.9 Å². The standard InChI is InChI=1S/C18H19N3O2/c1-15-5-2-7-17(20-15)8-3-6-16-9-12-21(13-10-16)18(22)23-14-4-11-19/h2,5-7H,4,9-10,12-14H2,1H3. The molecule has 0 aromatic carbocycles. The van der Waals surface area contributed by atoms with E-state index in [-0.39, 0.29) is 19.1 Å². The Morgan fingerprint density at radius 2 is 2.22 bits per heavy atom. The third kappa shape index (κ3) is 5.48. The van der Waals surface area contributed by atoms with Crippen molar-refractivity contribution in [2.45, 2.75) is 26.2 Å². The lowest BCUT2D eigenvalue weighted by Gasteiger charge is -2.27. The molecule has 1 aromatic heterocycles. The van der Waals surface area contributed by atoms with Crippen LogP contribution in [0.3, 0.4) is 0 Å². The largest absolute Gasteiger partial charge is 0.448 e. The van der Waals surface area contributed by atoms with E-state index < -0.39 is 0 Å². The lowest BCUT2D eigenvalue weighted by Crippen LogP contribution is -2.36. The topological polar surface area (TPSA) is 66.2 Å². The van der Waals surface area contributed by atoms with Crippen LogP contribution in [-0.2, 0) is 4.74 Å². The van der Waals surface area contributed by atoms with Crippen LogP contribution in [0.4, 0.5) is 4.79 Å². The summed E-state index contributed by atoms with van der Waals surface area (Å²) in [6, 6.07) is 7.72. The van der Waals surface area contributed by atoms with E-state index >= 15 is 0 Å². The predicted molar refractivity (Wildman–Crippen MR) is 86.3 cm³/mol. The lowest BCUT2D eigenvalue weighted by atomic mass is 10.0. The fourth-order valence-corrected chi connectivity index (χ4v) is 2.22. The molecule has 1 fully saturated rings. The van der Waals surface area contributed by atoms with E-state index in [0.29, 0.717) is 13.1 Å². The van der Waals surface area contributed by atoms with Gasteiger partial charge in [-0.15, -0.1) is 0 Å². The summed E-state index contributed by atoms with van der Waals surface area (Å²) < 4.78 is 5.02. The van der Waals surface area contributed by atoms with Gasteiger partial charge in [-0.2, -0.15) is 5.26 Å². The highest BCUT2D eigenvalue weighted by atomic mass is 16.6. The van der Waals surface area contributed by atoms with Crippen molar-refractivity contribution in [1.82, 2.24) is 9.88 Å². The smallest absolute Gasteiger partial charge is 0.409 e. The zero-order chi connectivity index (χ0) is 16.5. The van der Waals surface area contributed by atoms with Crippen molar-refractivity contribution in [2.24, 2.45) is 0 Å². The maximum Gasteiger partial charge on any atom is 0.409 e. The number of nitriles is 1. The second-order valence-corrected chi connectivity index (χ2v) is 5.25. The Labute approximate surface area is 136 Å². The van der Waals surface area contributed by atoms with Crippen molar-refractivity contribution in [3.05, 3.63) is 41.2 Å². The monoisotopic (exact) mass is 309 g/mol. The highest BCUT2D eigenvalue weighted by Crippen LogP contribution is 2.16. The SMILES string of the molecule is Cc1cccc(C#CC=C2CCN(C(=O)OCCC#N)CC2)n1. The number of nitrogens with zero attached hydrogens (tertiary/aromatic N) is 3. The second-order valence-electron chi connectivity index (χ2n) is 5.25. The number of hydrogen-bond acceptors (Lipinski definition) is 4. The van der Waals surface area contributed by atoms with Crippen LogP contribution in [0.15, 0.2) is 29.8 Å². The van der Waals surface area contributed by atoms with E-state index in [1.165, 1.54) is 5.57 Å². The van der Waals surface area contributed by atoms with Gasteiger partial charge in [0, 0.05) is 18.8 Å². The molecule has 2 rings (SSSR count). The Balaban J connectivity index is 1.82. The first-order valence-electron chi connectivity index (χ1n) is 7.61. The first-order valence-corrected chi connectivity index (χ1v) is 7.61. The quantitative estimate of drug-likeness (QED) is 0.622. The number of hydrogen-bond donors (Lipinski definition) is 0. The summed E-state index contributed by atoms with van der Waals surface area (Å²) in [5, 5.41) is 8.42. The molecule has 5 heteroatoms. The van der Waals surface area contributed by atoms with Gasteiger partial charge in [0.25, 0.3) is 0 Å². The Bertz CT molecular complexity index is 682. The van der Waals surface area contributed by atoms with Crippen molar-refractivity contribution in [2.75, 3.05) is 19.7 Å². The molecule has 1 aromatic rings.